The van der Waals surface area contributed by atoms with Crippen LogP contribution in [0.4, 0.5) is 5.69 Å². The Labute approximate surface area is 210 Å². The van der Waals surface area contributed by atoms with Gasteiger partial charge in [0.05, 0.1) is 5.56 Å². The Hall–Kier alpha value is -3.52. The Morgan fingerprint density at radius 2 is 1.71 bits per heavy atom. The maximum atomic E-state index is 10.8. The quantitative estimate of drug-likeness (QED) is 0.279. The van der Waals surface area contributed by atoms with E-state index in [1.165, 1.54) is 6.07 Å². The number of aromatic hydroxyl groups is 2. The molecule has 35 heavy (non-hydrogen) atoms. The van der Waals surface area contributed by atoms with Gasteiger partial charge in [0.1, 0.15) is 11.5 Å². The summed E-state index contributed by atoms with van der Waals surface area (Å²) >= 11 is 1.56. The van der Waals surface area contributed by atoms with E-state index in [2.05, 4.69) is 58.2 Å². The Morgan fingerprint density at radius 3 is 2.34 bits per heavy atom. The number of rotatable bonds is 9. The molecule has 8 heteroatoms. The highest BCUT2D eigenvalue weighted by Gasteiger charge is 2.21. The molecule has 0 aliphatic carbocycles. The smallest absolute Gasteiger partial charge is 0.196 e. The second-order valence-electron chi connectivity index (χ2n) is 8.56. The number of phenolic OH excluding ortho intramolecular Hbond substituents is 2. The lowest BCUT2D eigenvalue weighted by Crippen LogP contribution is -2.21. The topological polar surface area (TPSA) is 87.3 Å². The van der Waals surface area contributed by atoms with Crippen molar-refractivity contribution in [2.75, 3.05) is 18.0 Å². The molecule has 2 N–H and O–H groups in total. The number of phenols is 2. The minimum atomic E-state index is -0.0379. The lowest BCUT2D eigenvalue weighted by molar-refractivity contribution is 0.444. The zero-order valence-corrected chi connectivity index (χ0v) is 21.3. The van der Waals surface area contributed by atoms with Crippen LogP contribution in [0, 0.1) is 0 Å². The van der Waals surface area contributed by atoms with Crippen molar-refractivity contribution in [3.8, 4) is 28.6 Å². The van der Waals surface area contributed by atoms with Gasteiger partial charge in [-0.2, -0.15) is 0 Å². The van der Waals surface area contributed by atoms with Crippen molar-refractivity contribution in [1.29, 1.82) is 0 Å². The number of thioether (sulfide) groups is 1. The molecule has 0 atom stereocenters. The molecule has 0 radical (unpaired) electrons. The first-order chi connectivity index (χ1) is 16.9. The summed E-state index contributed by atoms with van der Waals surface area (Å²) in [5.41, 5.74) is 4.40. The molecule has 0 saturated heterocycles. The zero-order chi connectivity index (χ0) is 24.9. The number of hydrogen-bond donors (Lipinski definition) is 2. The molecule has 0 bridgehead atoms. The number of pyridine rings is 1. The summed E-state index contributed by atoms with van der Waals surface area (Å²) in [6.45, 7) is 10.1. The van der Waals surface area contributed by atoms with Gasteiger partial charge in [-0.15, -0.1) is 10.2 Å². The van der Waals surface area contributed by atoms with Gasteiger partial charge in [-0.1, -0.05) is 31.7 Å². The third-order valence-electron chi connectivity index (χ3n) is 5.97. The van der Waals surface area contributed by atoms with Gasteiger partial charge in [-0.3, -0.25) is 9.55 Å². The molecule has 182 valence electrons. The molecule has 2 heterocycles. The molecule has 0 aliphatic heterocycles. The fourth-order valence-electron chi connectivity index (χ4n) is 4.04. The molecule has 4 aromatic rings. The first kappa shape index (κ1) is 24.6. The van der Waals surface area contributed by atoms with Gasteiger partial charge in [0.2, 0.25) is 0 Å². The van der Waals surface area contributed by atoms with Crippen LogP contribution >= 0.6 is 11.8 Å². The average Bonchev–Trinajstić information content (AvgIpc) is 3.28. The fourth-order valence-corrected chi connectivity index (χ4v) is 4.92. The van der Waals surface area contributed by atoms with Crippen LogP contribution < -0.4 is 4.90 Å². The normalized spacial score (nSPS) is 11.2. The third-order valence-corrected chi connectivity index (χ3v) is 6.97. The Bertz CT molecular complexity index is 1270. The average molecular weight is 490 g/mol. The summed E-state index contributed by atoms with van der Waals surface area (Å²) in [7, 11) is 0. The number of nitrogens with zero attached hydrogens (tertiary/aromatic N) is 5. The van der Waals surface area contributed by atoms with Crippen molar-refractivity contribution >= 4 is 17.4 Å². The lowest BCUT2D eigenvalue weighted by Gasteiger charge is -2.21. The molecule has 0 amide bonds. The number of anilines is 1. The highest BCUT2D eigenvalue weighted by atomic mass is 32.2. The van der Waals surface area contributed by atoms with Crippen LogP contribution in [0.2, 0.25) is 0 Å². The standard InChI is InChI=1S/C27H31N5O2S/c1-5-31(6-2)20-9-11-21(12-10-20)32-26(23-14-22(18(3)4)24(33)15-25(23)34)29-30-27(32)35-17-19-8-7-13-28-16-19/h7-16,18,33-34H,5-6,17H2,1-4H3. The first-order valence-corrected chi connectivity index (χ1v) is 12.8. The Kier molecular flexibility index (Phi) is 7.60. The minimum Gasteiger partial charge on any atom is -0.508 e. The van der Waals surface area contributed by atoms with Crippen molar-refractivity contribution in [3.63, 3.8) is 0 Å². The molecular weight excluding hydrogens is 458 g/mol. The van der Waals surface area contributed by atoms with Crippen LogP contribution in [0.25, 0.3) is 17.1 Å². The van der Waals surface area contributed by atoms with E-state index in [9.17, 15) is 10.2 Å². The molecule has 0 fully saturated rings. The summed E-state index contributed by atoms with van der Waals surface area (Å²) in [4.78, 5) is 6.49. The number of hydrogen-bond acceptors (Lipinski definition) is 7. The summed E-state index contributed by atoms with van der Waals surface area (Å²) in [6.07, 6.45) is 3.60. The van der Waals surface area contributed by atoms with Crippen LogP contribution in [0.15, 0.2) is 66.1 Å². The van der Waals surface area contributed by atoms with Gasteiger partial charge in [-0.25, -0.2) is 0 Å². The van der Waals surface area contributed by atoms with E-state index >= 15 is 0 Å². The summed E-state index contributed by atoms with van der Waals surface area (Å²) < 4.78 is 1.96. The van der Waals surface area contributed by atoms with Crippen LogP contribution in [-0.4, -0.2) is 43.1 Å². The predicted octanol–water partition coefficient (Wildman–Crippen LogP) is 6.00. The largest absolute Gasteiger partial charge is 0.508 e. The van der Waals surface area contributed by atoms with Crippen molar-refractivity contribution in [2.45, 2.75) is 44.5 Å². The summed E-state index contributed by atoms with van der Waals surface area (Å²) in [5.74, 6) is 1.32. The molecule has 4 rings (SSSR count). The highest BCUT2D eigenvalue weighted by Crippen LogP contribution is 2.39. The molecule has 7 nitrogen and oxygen atoms in total. The monoisotopic (exact) mass is 489 g/mol. The Morgan fingerprint density at radius 1 is 0.971 bits per heavy atom. The maximum Gasteiger partial charge on any atom is 0.196 e. The van der Waals surface area contributed by atoms with E-state index in [4.69, 9.17) is 0 Å². The predicted molar refractivity (Wildman–Crippen MR) is 142 cm³/mol. The maximum absolute atomic E-state index is 10.8. The van der Waals surface area contributed by atoms with Gasteiger partial charge < -0.3 is 15.1 Å². The molecule has 0 unspecified atom stereocenters. The van der Waals surface area contributed by atoms with E-state index in [0.29, 0.717) is 22.3 Å². The van der Waals surface area contributed by atoms with Crippen LogP contribution in [0.3, 0.4) is 0 Å². The van der Waals surface area contributed by atoms with Crippen LogP contribution in [0.1, 0.15) is 44.7 Å². The van der Waals surface area contributed by atoms with Crippen LogP contribution in [0.5, 0.6) is 11.5 Å². The molecule has 0 aliphatic rings. The van der Waals surface area contributed by atoms with E-state index in [-0.39, 0.29) is 17.4 Å². The zero-order valence-electron chi connectivity index (χ0n) is 20.5. The molecule has 2 aromatic heterocycles. The van der Waals surface area contributed by atoms with Crippen molar-refractivity contribution in [3.05, 3.63) is 72.1 Å². The van der Waals surface area contributed by atoms with Crippen molar-refractivity contribution < 1.29 is 10.2 Å². The third kappa shape index (κ3) is 5.27. The molecule has 0 spiro atoms. The van der Waals surface area contributed by atoms with Crippen molar-refractivity contribution in [2.24, 2.45) is 0 Å². The second-order valence-corrected chi connectivity index (χ2v) is 9.51. The highest BCUT2D eigenvalue weighted by molar-refractivity contribution is 7.98. The van der Waals surface area contributed by atoms with Crippen molar-refractivity contribution in [1.82, 2.24) is 19.7 Å². The van der Waals surface area contributed by atoms with Gasteiger partial charge in [0.25, 0.3) is 0 Å². The SMILES string of the molecule is CCN(CC)c1ccc(-n2c(SCc3cccnc3)nnc2-c2cc(C(C)C)c(O)cc2O)cc1. The number of benzene rings is 2. The number of aromatic nitrogens is 4. The first-order valence-electron chi connectivity index (χ1n) is 11.8. The molecular formula is C27H31N5O2S. The van der Waals surface area contributed by atoms with Gasteiger partial charge in [0, 0.05) is 48.7 Å². The minimum absolute atomic E-state index is 0.0379. The van der Waals surface area contributed by atoms with E-state index in [1.807, 2.05) is 36.7 Å². The van der Waals surface area contributed by atoms with Gasteiger partial charge >= 0.3 is 0 Å². The lowest BCUT2D eigenvalue weighted by atomic mass is 9.98. The summed E-state index contributed by atoms with van der Waals surface area (Å²) in [5, 5.41) is 30.8. The van der Waals surface area contributed by atoms with Gasteiger partial charge in [-0.05, 0) is 67.3 Å². The van der Waals surface area contributed by atoms with E-state index in [0.717, 1.165) is 35.6 Å². The van der Waals surface area contributed by atoms with E-state index in [1.54, 1.807) is 24.0 Å². The summed E-state index contributed by atoms with van der Waals surface area (Å²) in [6, 6.07) is 15.4. The Balaban J connectivity index is 1.81. The second kappa shape index (κ2) is 10.8. The van der Waals surface area contributed by atoms with Gasteiger partial charge in [0.15, 0.2) is 11.0 Å². The fraction of sp³-hybridized carbons (Fsp3) is 0.296. The van der Waals surface area contributed by atoms with Crippen LogP contribution in [-0.2, 0) is 5.75 Å². The molecule has 2 aromatic carbocycles. The molecule has 0 saturated carbocycles. The van der Waals surface area contributed by atoms with E-state index < -0.39 is 0 Å².